The third-order valence-corrected chi connectivity index (χ3v) is 0.418. The van der Waals surface area contributed by atoms with Gasteiger partial charge in [-0.25, -0.2) is 0 Å². The van der Waals surface area contributed by atoms with Crippen LogP contribution in [-0.4, -0.2) is 0 Å². The second kappa shape index (κ2) is 3.56. The fraction of sp³-hybridized carbons (Fsp3) is 0.167. The van der Waals surface area contributed by atoms with Crippen molar-refractivity contribution in [3.63, 3.8) is 0 Å². The predicted molar refractivity (Wildman–Crippen MR) is 31.2 cm³/mol. The lowest BCUT2D eigenvalue weighted by molar-refractivity contribution is 1.70. The Morgan fingerprint density at radius 2 is 2.29 bits per heavy atom. The first-order chi connectivity index (χ1) is 3.27. The molecule has 0 aliphatic rings. The van der Waals surface area contributed by atoms with Gasteiger partial charge < -0.3 is 0 Å². The summed E-state index contributed by atoms with van der Waals surface area (Å²) >= 11 is 5.33. The van der Waals surface area contributed by atoms with E-state index in [4.69, 9.17) is 11.6 Å². The average molecular weight is 113 g/mol. The highest BCUT2D eigenvalue weighted by Gasteiger charge is 1.64. The van der Waals surface area contributed by atoms with Crippen molar-refractivity contribution in [1.29, 1.82) is 0 Å². The monoisotopic (exact) mass is 112 g/mol. The molecule has 0 radical (unpaired) electrons. The molecule has 0 aliphatic heterocycles. The van der Waals surface area contributed by atoms with Crippen LogP contribution in [-0.2, 0) is 0 Å². The SMILES string of the molecule is C=C=C=C=C(C)Cl. The Morgan fingerprint density at radius 3 is 2.43 bits per heavy atom. The molecular formula is C6H5Cl. The summed E-state index contributed by atoms with van der Waals surface area (Å²) in [6.45, 7) is 4.98. The van der Waals surface area contributed by atoms with Crippen LogP contribution in [0.1, 0.15) is 6.92 Å². The Labute approximate surface area is 48.1 Å². The zero-order valence-corrected chi connectivity index (χ0v) is 4.84. The first-order valence-corrected chi connectivity index (χ1v) is 2.17. The van der Waals surface area contributed by atoms with Gasteiger partial charge in [0, 0.05) is 0 Å². The summed E-state index contributed by atoms with van der Waals surface area (Å²) in [7, 11) is 0. The zero-order valence-electron chi connectivity index (χ0n) is 4.09. The van der Waals surface area contributed by atoms with Crippen LogP contribution in [0.2, 0.25) is 0 Å². The summed E-state index contributed by atoms with van der Waals surface area (Å²) in [6.07, 6.45) is 0. The van der Waals surface area contributed by atoms with Crippen molar-refractivity contribution in [3.8, 4) is 0 Å². The quantitative estimate of drug-likeness (QED) is 0.422. The molecule has 0 aromatic carbocycles. The lowest BCUT2D eigenvalue weighted by Gasteiger charge is -1.63. The smallest absolute Gasteiger partial charge is 0.0657 e. The number of hydrogen-bond donors (Lipinski definition) is 0. The molecule has 0 rings (SSSR count). The van der Waals surface area contributed by atoms with Gasteiger partial charge in [0.2, 0.25) is 0 Å². The van der Waals surface area contributed by atoms with E-state index in [1.54, 1.807) is 6.92 Å². The normalized spacial score (nSPS) is 5.43. The van der Waals surface area contributed by atoms with E-state index in [2.05, 4.69) is 23.8 Å². The van der Waals surface area contributed by atoms with Gasteiger partial charge in [-0.05, 0) is 25.0 Å². The van der Waals surface area contributed by atoms with Crippen molar-refractivity contribution >= 4 is 11.6 Å². The minimum Gasteiger partial charge on any atom is -0.0796 e. The summed E-state index contributed by atoms with van der Waals surface area (Å²) in [4.78, 5) is 0. The minimum absolute atomic E-state index is 0.566. The number of hydrogen-bond acceptors (Lipinski definition) is 0. The first-order valence-electron chi connectivity index (χ1n) is 1.79. The standard InChI is InChI=1S/C6H5Cl/c1-3-4-5-6(2)7/h1H2,2H3. The molecule has 0 bridgehead atoms. The topological polar surface area (TPSA) is 0 Å². The molecule has 0 atom stereocenters. The Morgan fingerprint density at radius 1 is 1.71 bits per heavy atom. The molecule has 0 saturated carbocycles. The molecule has 0 unspecified atom stereocenters. The zero-order chi connectivity index (χ0) is 5.70. The Bertz CT molecular complexity index is 157. The van der Waals surface area contributed by atoms with Gasteiger partial charge in [-0.3, -0.25) is 0 Å². The van der Waals surface area contributed by atoms with E-state index in [9.17, 15) is 0 Å². The Balaban J connectivity index is 4.49. The summed E-state index contributed by atoms with van der Waals surface area (Å²) in [5.74, 6) is 0. The molecule has 0 amide bonds. The van der Waals surface area contributed by atoms with E-state index in [1.807, 2.05) is 0 Å². The lowest BCUT2D eigenvalue weighted by atomic mass is 10.6. The van der Waals surface area contributed by atoms with E-state index in [-0.39, 0.29) is 0 Å². The van der Waals surface area contributed by atoms with Gasteiger partial charge >= 0.3 is 0 Å². The molecule has 0 spiro atoms. The number of allylic oxidation sites excluding steroid dienone is 1. The molecule has 0 fully saturated rings. The van der Waals surface area contributed by atoms with Crippen molar-refractivity contribution in [2.24, 2.45) is 0 Å². The molecule has 0 aromatic rings. The van der Waals surface area contributed by atoms with Crippen molar-refractivity contribution in [2.45, 2.75) is 6.92 Å². The lowest BCUT2D eigenvalue weighted by Crippen LogP contribution is -1.41. The summed E-state index contributed by atoms with van der Waals surface area (Å²) < 4.78 is 0. The predicted octanol–water partition coefficient (Wildman–Crippen LogP) is 2.22. The van der Waals surface area contributed by atoms with Crippen LogP contribution in [0.3, 0.4) is 0 Å². The molecule has 7 heavy (non-hydrogen) atoms. The van der Waals surface area contributed by atoms with Gasteiger partial charge in [0.15, 0.2) is 0 Å². The van der Waals surface area contributed by atoms with Crippen molar-refractivity contribution in [1.82, 2.24) is 0 Å². The fourth-order valence-corrected chi connectivity index (χ4v) is 0.178. The number of rotatable bonds is 0. The molecule has 0 N–H and O–H groups in total. The number of halogens is 1. The van der Waals surface area contributed by atoms with Crippen LogP contribution in [0.15, 0.2) is 28.8 Å². The van der Waals surface area contributed by atoms with E-state index in [0.29, 0.717) is 5.03 Å². The molecule has 0 heterocycles. The highest BCUT2D eigenvalue weighted by atomic mass is 35.5. The Kier molecular flexibility index (Phi) is 3.24. The maximum absolute atomic E-state index is 5.33. The third-order valence-electron chi connectivity index (χ3n) is 0.323. The second-order valence-electron chi connectivity index (χ2n) is 0.960. The van der Waals surface area contributed by atoms with E-state index in [1.165, 1.54) is 0 Å². The van der Waals surface area contributed by atoms with Crippen molar-refractivity contribution < 1.29 is 0 Å². The van der Waals surface area contributed by atoms with Gasteiger partial charge in [0.05, 0.1) is 5.03 Å². The van der Waals surface area contributed by atoms with Crippen molar-refractivity contribution in [3.05, 3.63) is 28.8 Å². The first kappa shape index (κ1) is 6.37. The highest BCUT2D eigenvalue weighted by molar-refractivity contribution is 6.29. The van der Waals surface area contributed by atoms with Crippen LogP contribution < -0.4 is 0 Å². The van der Waals surface area contributed by atoms with Crippen molar-refractivity contribution in [2.75, 3.05) is 0 Å². The summed E-state index contributed by atoms with van der Waals surface area (Å²) in [5.41, 5.74) is 7.40. The van der Waals surface area contributed by atoms with E-state index < -0.39 is 0 Å². The minimum atomic E-state index is 0.566. The maximum Gasteiger partial charge on any atom is 0.0657 e. The van der Waals surface area contributed by atoms with Crippen LogP contribution in [0.25, 0.3) is 0 Å². The van der Waals surface area contributed by atoms with Gasteiger partial charge in [0.25, 0.3) is 0 Å². The average Bonchev–Trinajstić information content (AvgIpc) is 1.61. The van der Waals surface area contributed by atoms with Gasteiger partial charge in [-0.2, -0.15) is 0 Å². The van der Waals surface area contributed by atoms with Gasteiger partial charge in [0.1, 0.15) is 0 Å². The second-order valence-corrected chi connectivity index (χ2v) is 1.53. The molecule has 0 aliphatic carbocycles. The molecule has 36 valence electrons. The van der Waals surface area contributed by atoms with Gasteiger partial charge in [-0.1, -0.05) is 17.3 Å². The Hall–Kier alpha value is -0.630. The highest BCUT2D eigenvalue weighted by Crippen LogP contribution is 1.91. The fourth-order valence-electron chi connectivity index (χ4n) is 0.130. The molecular weight excluding hydrogens is 108 g/mol. The third kappa shape index (κ3) is 5.37. The molecule has 0 aromatic heterocycles. The largest absolute Gasteiger partial charge is 0.0796 e. The van der Waals surface area contributed by atoms with E-state index >= 15 is 0 Å². The maximum atomic E-state index is 5.33. The molecule has 0 saturated heterocycles. The van der Waals surface area contributed by atoms with Crippen LogP contribution in [0.5, 0.6) is 0 Å². The van der Waals surface area contributed by atoms with Gasteiger partial charge in [-0.15, -0.1) is 0 Å². The molecule has 1 heteroatoms. The summed E-state index contributed by atoms with van der Waals surface area (Å²) in [6, 6.07) is 0. The van der Waals surface area contributed by atoms with Crippen LogP contribution in [0, 0.1) is 0 Å². The summed E-state index contributed by atoms with van der Waals surface area (Å²) in [5, 5.41) is 0.566. The van der Waals surface area contributed by atoms with Crippen LogP contribution >= 0.6 is 11.6 Å². The van der Waals surface area contributed by atoms with Crippen LogP contribution in [0.4, 0.5) is 0 Å². The van der Waals surface area contributed by atoms with E-state index in [0.717, 1.165) is 0 Å². The molecule has 0 nitrogen and oxygen atoms in total.